The standard InChI is InChI=1S/C8H10N2O3/c1-9(2)8(13)5-10-6(11)3-4-7(10)12/h3-4H,5H2,1-2H3. The molecule has 0 radical (unpaired) electrons. The molecule has 0 saturated carbocycles. The van der Waals surface area contributed by atoms with E-state index in [4.69, 9.17) is 0 Å². The van der Waals surface area contributed by atoms with Gasteiger partial charge in [-0.2, -0.15) is 0 Å². The van der Waals surface area contributed by atoms with Gasteiger partial charge in [-0.1, -0.05) is 0 Å². The summed E-state index contributed by atoms with van der Waals surface area (Å²) in [6, 6.07) is 0. The third-order valence-electron chi connectivity index (χ3n) is 1.69. The van der Waals surface area contributed by atoms with Gasteiger partial charge in [-0.3, -0.25) is 19.3 Å². The van der Waals surface area contributed by atoms with E-state index in [1.54, 1.807) is 14.1 Å². The second-order valence-electron chi connectivity index (χ2n) is 2.88. The number of carbonyl (C=O) groups excluding carboxylic acids is 3. The molecule has 0 aromatic rings. The van der Waals surface area contributed by atoms with Gasteiger partial charge in [-0.25, -0.2) is 0 Å². The van der Waals surface area contributed by atoms with E-state index in [0.29, 0.717) is 0 Å². The summed E-state index contributed by atoms with van der Waals surface area (Å²) in [5.41, 5.74) is 0. The molecule has 0 atom stereocenters. The first-order valence-electron chi connectivity index (χ1n) is 3.76. The molecule has 3 amide bonds. The molecule has 0 spiro atoms. The molecule has 1 heterocycles. The Kier molecular flexibility index (Phi) is 2.46. The van der Waals surface area contributed by atoms with Gasteiger partial charge in [-0.15, -0.1) is 0 Å². The highest BCUT2D eigenvalue weighted by molar-refractivity contribution is 6.14. The van der Waals surface area contributed by atoms with Crippen molar-refractivity contribution >= 4 is 17.7 Å². The Bertz CT molecular complexity index is 276. The summed E-state index contributed by atoms with van der Waals surface area (Å²) in [5.74, 6) is -1.13. The van der Waals surface area contributed by atoms with E-state index in [2.05, 4.69) is 0 Å². The van der Waals surface area contributed by atoms with Crippen LogP contribution >= 0.6 is 0 Å². The van der Waals surface area contributed by atoms with E-state index >= 15 is 0 Å². The SMILES string of the molecule is CN(C)C(=O)CN1C(=O)C=CC1=O. The maximum Gasteiger partial charge on any atom is 0.254 e. The average Bonchev–Trinajstić information content (AvgIpc) is 2.35. The Labute approximate surface area is 75.6 Å². The van der Waals surface area contributed by atoms with Crippen molar-refractivity contribution in [3.8, 4) is 0 Å². The van der Waals surface area contributed by atoms with Crippen LogP contribution < -0.4 is 0 Å². The van der Waals surface area contributed by atoms with Crippen LogP contribution in [0.2, 0.25) is 0 Å². The van der Waals surface area contributed by atoms with Crippen LogP contribution in [0.25, 0.3) is 0 Å². The van der Waals surface area contributed by atoms with Gasteiger partial charge in [0.1, 0.15) is 6.54 Å². The summed E-state index contributed by atoms with van der Waals surface area (Å²) in [4.78, 5) is 35.4. The zero-order valence-corrected chi connectivity index (χ0v) is 7.48. The Balaban J connectivity index is 2.60. The fourth-order valence-corrected chi connectivity index (χ4v) is 0.864. The largest absolute Gasteiger partial charge is 0.347 e. The fourth-order valence-electron chi connectivity index (χ4n) is 0.864. The van der Waals surface area contributed by atoms with Crippen molar-refractivity contribution in [1.82, 2.24) is 9.80 Å². The molecule has 1 aliphatic heterocycles. The molecule has 5 heteroatoms. The monoisotopic (exact) mass is 182 g/mol. The van der Waals surface area contributed by atoms with Gasteiger partial charge in [0, 0.05) is 26.2 Å². The highest BCUT2D eigenvalue weighted by atomic mass is 16.2. The highest BCUT2D eigenvalue weighted by Crippen LogP contribution is 2.02. The van der Waals surface area contributed by atoms with Gasteiger partial charge in [0.05, 0.1) is 0 Å². The molecule has 0 saturated heterocycles. The molecule has 0 N–H and O–H groups in total. The quantitative estimate of drug-likeness (QED) is 0.515. The van der Waals surface area contributed by atoms with Crippen molar-refractivity contribution in [3.05, 3.63) is 12.2 Å². The van der Waals surface area contributed by atoms with Crippen molar-refractivity contribution in [3.63, 3.8) is 0 Å². The Morgan fingerprint density at radius 2 is 1.77 bits per heavy atom. The molecule has 0 aromatic carbocycles. The lowest BCUT2D eigenvalue weighted by atomic mass is 10.4. The Morgan fingerprint density at radius 3 is 2.15 bits per heavy atom. The predicted molar refractivity (Wildman–Crippen MR) is 44.6 cm³/mol. The van der Waals surface area contributed by atoms with Crippen LogP contribution in [0.3, 0.4) is 0 Å². The fraction of sp³-hybridized carbons (Fsp3) is 0.375. The molecule has 0 bridgehead atoms. The zero-order valence-electron chi connectivity index (χ0n) is 7.48. The van der Waals surface area contributed by atoms with Crippen molar-refractivity contribution in [2.24, 2.45) is 0 Å². The number of carbonyl (C=O) groups is 3. The first-order chi connectivity index (χ1) is 6.02. The van der Waals surface area contributed by atoms with E-state index in [9.17, 15) is 14.4 Å². The molecular weight excluding hydrogens is 172 g/mol. The normalized spacial score (nSPS) is 15.4. The van der Waals surface area contributed by atoms with Crippen molar-refractivity contribution in [2.45, 2.75) is 0 Å². The molecular formula is C8H10N2O3. The minimum atomic E-state index is -0.430. The van der Waals surface area contributed by atoms with E-state index < -0.39 is 11.8 Å². The summed E-state index contributed by atoms with van der Waals surface area (Å²) in [5, 5.41) is 0. The van der Waals surface area contributed by atoms with Crippen LogP contribution in [-0.2, 0) is 14.4 Å². The summed E-state index contributed by atoms with van der Waals surface area (Å²) in [6.45, 7) is -0.183. The third-order valence-corrected chi connectivity index (χ3v) is 1.69. The second kappa shape index (κ2) is 3.38. The van der Waals surface area contributed by atoms with Crippen molar-refractivity contribution in [2.75, 3.05) is 20.6 Å². The van der Waals surface area contributed by atoms with Gasteiger partial charge in [0.2, 0.25) is 5.91 Å². The molecule has 1 rings (SSSR count). The third kappa shape index (κ3) is 1.93. The van der Waals surface area contributed by atoms with Crippen LogP contribution in [0.1, 0.15) is 0 Å². The Hall–Kier alpha value is -1.65. The maximum atomic E-state index is 11.1. The minimum absolute atomic E-state index is 0.183. The lowest BCUT2D eigenvalue weighted by molar-refractivity contribution is -0.143. The summed E-state index contributed by atoms with van der Waals surface area (Å²) >= 11 is 0. The molecule has 5 nitrogen and oxygen atoms in total. The number of imide groups is 1. The van der Waals surface area contributed by atoms with Crippen LogP contribution in [0.15, 0.2) is 12.2 Å². The summed E-state index contributed by atoms with van der Waals surface area (Å²) in [6.07, 6.45) is 2.32. The summed E-state index contributed by atoms with van der Waals surface area (Å²) in [7, 11) is 3.14. The maximum absolute atomic E-state index is 11.1. The zero-order chi connectivity index (χ0) is 10.0. The van der Waals surface area contributed by atoms with Crippen molar-refractivity contribution < 1.29 is 14.4 Å². The number of hydrogen-bond acceptors (Lipinski definition) is 3. The van der Waals surface area contributed by atoms with Gasteiger partial charge < -0.3 is 4.90 Å². The van der Waals surface area contributed by atoms with Crippen LogP contribution in [0, 0.1) is 0 Å². The van der Waals surface area contributed by atoms with E-state index in [0.717, 1.165) is 17.1 Å². The molecule has 0 aromatic heterocycles. The number of hydrogen-bond donors (Lipinski definition) is 0. The number of amides is 3. The van der Waals surface area contributed by atoms with E-state index in [1.165, 1.54) is 4.90 Å². The average molecular weight is 182 g/mol. The predicted octanol–water partition coefficient (Wildman–Crippen LogP) is -1.00. The minimum Gasteiger partial charge on any atom is -0.347 e. The number of rotatable bonds is 2. The van der Waals surface area contributed by atoms with Gasteiger partial charge >= 0.3 is 0 Å². The van der Waals surface area contributed by atoms with Crippen LogP contribution in [-0.4, -0.2) is 48.2 Å². The van der Waals surface area contributed by atoms with Gasteiger partial charge in [-0.05, 0) is 0 Å². The smallest absolute Gasteiger partial charge is 0.254 e. The lowest BCUT2D eigenvalue weighted by Gasteiger charge is -2.16. The molecule has 70 valence electrons. The van der Waals surface area contributed by atoms with Crippen LogP contribution in [0.5, 0.6) is 0 Å². The first kappa shape index (κ1) is 9.44. The van der Waals surface area contributed by atoms with Gasteiger partial charge in [0.15, 0.2) is 0 Å². The highest BCUT2D eigenvalue weighted by Gasteiger charge is 2.25. The van der Waals surface area contributed by atoms with E-state index in [1.807, 2.05) is 0 Å². The first-order valence-corrected chi connectivity index (χ1v) is 3.76. The number of likely N-dealkylation sites (N-methyl/N-ethyl adjacent to an activating group) is 1. The second-order valence-corrected chi connectivity index (χ2v) is 2.88. The molecule has 0 aliphatic carbocycles. The lowest BCUT2D eigenvalue weighted by Crippen LogP contribution is -2.39. The molecule has 0 fully saturated rings. The van der Waals surface area contributed by atoms with Crippen LogP contribution in [0.4, 0.5) is 0 Å². The molecule has 0 unspecified atom stereocenters. The van der Waals surface area contributed by atoms with E-state index in [-0.39, 0.29) is 12.5 Å². The Morgan fingerprint density at radius 1 is 1.31 bits per heavy atom. The van der Waals surface area contributed by atoms with Crippen molar-refractivity contribution in [1.29, 1.82) is 0 Å². The molecule has 13 heavy (non-hydrogen) atoms. The topological polar surface area (TPSA) is 57.7 Å². The summed E-state index contributed by atoms with van der Waals surface area (Å²) < 4.78 is 0. The van der Waals surface area contributed by atoms with Gasteiger partial charge in [0.25, 0.3) is 11.8 Å². The molecule has 1 aliphatic rings. The number of nitrogens with zero attached hydrogens (tertiary/aromatic N) is 2.